The first kappa shape index (κ1) is 17.7. The van der Waals surface area contributed by atoms with Crippen molar-refractivity contribution in [2.45, 2.75) is 37.6 Å². The first-order valence-electron chi connectivity index (χ1n) is 7.32. The lowest BCUT2D eigenvalue weighted by Gasteiger charge is -2.26. The molecule has 0 aliphatic carbocycles. The Labute approximate surface area is 138 Å². The molecule has 1 aromatic carbocycles. The average Bonchev–Trinajstić information content (AvgIpc) is 2.86. The summed E-state index contributed by atoms with van der Waals surface area (Å²) in [5.74, 6) is -2.25. The number of imide groups is 1. The maximum Gasteiger partial charge on any atom is 0.416 e. The molecule has 7 heteroatoms. The third kappa shape index (κ3) is 3.99. The van der Waals surface area contributed by atoms with Crippen LogP contribution in [0.4, 0.5) is 13.6 Å². The minimum atomic E-state index is -3.60. The fourth-order valence-electron chi connectivity index (χ4n) is 2.59. The van der Waals surface area contributed by atoms with Crippen LogP contribution in [-0.2, 0) is 9.53 Å². The second kappa shape index (κ2) is 6.83. The number of rotatable bonds is 5. The molecular formula is C16H18ClF2NO3. The van der Waals surface area contributed by atoms with Crippen LogP contribution >= 0.6 is 11.6 Å². The Morgan fingerprint density at radius 2 is 2.00 bits per heavy atom. The monoisotopic (exact) mass is 345 g/mol. The van der Waals surface area contributed by atoms with Crippen molar-refractivity contribution in [3.8, 4) is 0 Å². The fourth-order valence-corrected chi connectivity index (χ4v) is 2.80. The summed E-state index contributed by atoms with van der Waals surface area (Å²) in [4.78, 5) is 25.1. The lowest BCUT2D eigenvalue weighted by molar-refractivity contribution is -0.131. The molecule has 0 spiro atoms. The van der Waals surface area contributed by atoms with Gasteiger partial charge in [0.1, 0.15) is 6.61 Å². The zero-order valence-corrected chi connectivity index (χ0v) is 13.6. The maximum atomic E-state index is 13.8. The van der Waals surface area contributed by atoms with Crippen LogP contribution in [0.25, 0.3) is 0 Å². The molecule has 1 heterocycles. The molecule has 4 nitrogen and oxygen atoms in total. The molecule has 2 atom stereocenters. The SMILES string of the molecule is CC(C)[C@H]1COC(=O)N1C(=O)CC(c1ccccc1)C(F)(F)Cl. The van der Waals surface area contributed by atoms with Crippen molar-refractivity contribution in [1.29, 1.82) is 0 Å². The normalized spacial score (nSPS) is 19.8. The first-order valence-corrected chi connectivity index (χ1v) is 7.70. The van der Waals surface area contributed by atoms with Gasteiger partial charge >= 0.3 is 11.5 Å². The van der Waals surface area contributed by atoms with Gasteiger partial charge in [0.25, 0.3) is 0 Å². The van der Waals surface area contributed by atoms with E-state index in [1.54, 1.807) is 18.2 Å². The van der Waals surface area contributed by atoms with Gasteiger partial charge in [-0.3, -0.25) is 4.79 Å². The number of carbonyl (C=O) groups is 2. The van der Waals surface area contributed by atoms with Crippen LogP contribution in [0.15, 0.2) is 30.3 Å². The van der Waals surface area contributed by atoms with Crippen molar-refractivity contribution < 1.29 is 23.1 Å². The van der Waals surface area contributed by atoms with Crippen LogP contribution in [-0.4, -0.2) is 34.9 Å². The van der Waals surface area contributed by atoms with Gasteiger partial charge in [-0.25, -0.2) is 9.69 Å². The molecule has 0 bridgehead atoms. The van der Waals surface area contributed by atoms with Gasteiger partial charge < -0.3 is 4.74 Å². The molecule has 0 aromatic heterocycles. The van der Waals surface area contributed by atoms with Crippen molar-refractivity contribution in [2.75, 3.05) is 6.61 Å². The van der Waals surface area contributed by atoms with Gasteiger partial charge in [-0.05, 0) is 23.1 Å². The molecule has 0 saturated carbocycles. The Hall–Kier alpha value is -1.69. The second-order valence-corrected chi connectivity index (χ2v) is 6.36. The summed E-state index contributed by atoms with van der Waals surface area (Å²) >= 11 is 5.20. The van der Waals surface area contributed by atoms with Crippen LogP contribution in [0.5, 0.6) is 0 Å². The summed E-state index contributed by atoms with van der Waals surface area (Å²) in [5.41, 5.74) is 0.245. The third-order valence-electron chi connectivity index (χ3n) is 3.92. The van der Waals surface area contributed by atoms with Crippen LogP contribution < -0.4 is 0 Å². The molecule has 1 aliphatic heterocycles. The topological polar surface area (TPSA) is 46.6 Å². The van der Waals surface area contributed by atoms with E-state index in [-0.39, 0.29) is 18.1 Å². The van der Waals surface area contributed by atoms with E-state index in [4.69, 9.17) is 16.3 Å². The van der Waals surface area contributed by atoms with Gasteiger partial charge in [-0.2, -0.15) is 8.78 Å². The smallest absolute Gasteiger partial charge is 0.416 e. The van der Waals surface area contributed by atoms with Crippen LogP contribution in [0, 0.1) is 5.92 Å². The summed E-state index contributed by atoms with van der Waals surface area (Å²) in [5, 5.41) is -3.60. The highest BCUT2D eigenvalue weighted by Gasteiger charge is 2.45. The number of hydrogen-bond donors (Lipinski definition) is 0. The highest BCUT2D eigenvalue weighted by molar-refractivity contribution is 6.22. The minimum absolute atomic E-state index is 0.0305. The van der Waals surface area contributed by atoms with E-state index in [1.165, 1.54) is 12.1 Å². The van der Waals surface area contributed by atoms with Gasteiger partial charge in [-0.15, -0.1) is 0 Å². The Morgan fingerprint density at radius 1 is 1.39 bits per heavy atom. The molecule has 2 amide bonds. The van der Waals surface area contributed by atoms with Gasteiger partial charge in [0.05, 0.1) is 12.0 Å². The van der Waals surface area contributed by atoms with Gasteiger partial charge in [0.2, 0.25) is 5.91 Å². The van der Waals surface area contributed by atoms with Gasteiger partial charge in [0, 0.05) is 6.42 Å². The lowest BCUT2D eigenvalue weighted by atomic mass is 9.94. The van der Waals surface area contributed by atoms with Crippen molar-refractivity contribution in [2.24, 2.45) is 5.92 Å². The number of nitrogens with zero attached hydrogens (tertiary/aromatic N) is 1. The molecule has 0 radical (unpaired) electrons. The number of alkyl halides is 3. The van der Waals surface area contributed by atoms with E-state index in [9.17, 15) is 18.4 Å². The predicted molar refractivity (Wildman–Crippen MR) is 81.4 cm³/mol. The summed E-state index contributed by atoms with van der Waals surface area (Å²) in [6.45, 7) is 3.74. The maximum absolute atomic E-state index is 13.8. The summed E-state index contributed by atoms with van der Waals surface area (Å²) in [6, 6.07) is 7.39. The van der Waals surface area contributed by atoms with Crippen molar-refractivity contribution in [3.05, 3.63) is 35.9 Å². The van der Waals surface area contributed by atoms with E-state index in [1.807, 2.05) is 13.8 Å². The van der Waals surface area contributed by atoms with Crippen LogP contribution in [0.3, 0.4) is 0 Å². The predicted octanol–water partition coefficient (Wildman–Crippen LogP) is 4.00. The zero-order valence-electron chi connectivity index (χ0n) is 12.8. The van der Waals surface area contributed by atoms with Crippen LogP contribution in [0.1, 0.15) is 31.7 Å². The van der Waals surface area contributed by atoms with E-state index in [2.05, 4.69) is 0 Å². The molecule has 1 saturated heterocycles. The molecule has 23 heavy (non-hydrogen) atoms. The fraction of sp³-hybridized carbons (Fsp3) is 0.500. The second-order valence-electron chi connectivity index (χ2n) is 5.86. The molecule has 1 fully saturated rings. The summed E-state index contributed by atoms with van der Waals surface area (Å²) < 4.78 is 32.4. The summed E-state index contributed by atoms with van der Waals surface area (Å²) in [6.07, 6.45) is -1.36. The Kier molecular flexibility index (Phi) is 5.24. The molecular weight excluding hydrogens is 328 g/mol. The number of ether oxygens (including phenoxy) is 1. The lowest BCUT2D eigenvalue weighted by Crippen LogP contribution is -2.43. The summed E-state index contributed by atoms with van der Waals surface area (Å²) in [7, 11) is 0. The van der Waals surface area contributed by atoms with E-state index >= 15 is 0 Å². The highest BCUT2D eigenvalue weighted by atomic mass is 35.5. The minimum Gasteiger partial charge on any atom is -0.447 e. The quantitative estimate of drug-likeness (QED) is 0.758. The molecule has 2 rings (SSSR count). The number of amides is 2. The average molecular weight is 346 g/mol. The molecule has 1 aromatic rings. The molecule has 0 N–H and O–H groups in total. The third-order valence-corrected chi connectivity index (χ3v) is 4.18. The Bertz CT molecular complexity index is 574. The molecule has 1 aliphatic rings. The number of hydrogen-bond acceptors (Lipinski definition) is 3. The Morgan fingerprint density at radius 3 is 2.52 bits per heavy atom. The van der Waals surface area contributed by atoms with Crippen molar-refractivity contribution >= 4 is 23.6 Å². The van der Waals surface area contributed by atoms with Gasteiger partial charge in [-0.1, -0.05) is 44.2 Å². The number of halogens is 3. The largest absolute Gasteiger partial charge is 0.447 e. The zero-order chi connectivity index (χ0) is 17.2. The number of benzene rings is 1. The van der Waals surface area contributed by atoms with E-state index < -0.39 is 35.8 Å². The Balaban J connectivity index is 2.23. The highest BCUT2D eigenvalue weighted by Crippen LogP contribution is 2.40. The number of cyclic esters (lactones) is 1. The standard InChI is InChI=1S/C16H18ClF2NO3/c1-10(2)13-9-23-15(22)20(13)14(21)8-12(16(17,18)19)11-6-4-3-5-7-11/h3-7,10,12-13H,8-9H2,1-2H3/t12?,13-/m1/s1. The first-order chi connectivity index (χ1) is 10.7. The van der Waals surface area contributed by atoms with E-state index in [0.29, 0.717) is 0 Å². The van der Waals surface area contributed by atoms with Crippen molar-refractivity contribution in [1.82, 2.24) is 4.90 Å². The van der Waals surface area contributed by atoms with Crippen molar-refractivity contribution in [3.63, 3.8) is 0 Å². The molecule has 1 unspecified atom stereocenters. The molecule has 126 valence electrons. The van der Waals surface area contributed by atoms with E-state index in [0.717, 1.165) is 4.90 Å². The van der Waals surface area contributed by atoms with Gasteiger partial charge in [0.15, 0.2) is 0 Å². The van der Waals surface area contributed by atoms with Crippen LogP contribution in [0.2, 0.25) is 0 Å². The number of carbonyl (C=O) groups excluding carboxylic acids is 2.